The Morgan fingerprint density at radius 3 is 2.50 bits per heavy atom. The van der Waals surface area contributed by atoms with Gasteiger partial charge in [-0.2, -0.15) is 0 Å². The summed E-state index contributed by atoms with van der Waals surface area (Å²) < 4.78 is 35.9. The van der Waals surface area contributed by atoms with E-state index in [-0.39, 0.29) is 18.3 Å². The molecule has 90 valence electrons. The van der Waals surface area contributed by atoms with E-state index >= 15 is 0 Å². The van der Waals surface area contributed by atoms with Crippen LogP contribution in [-0.2, 0) is 0 Å². The van der Waals surface area contributed by atoms with E-state index in [2.05, 4.69) is 0 Å². The van der Waals surface area contributed by atoms with E-state index in [9.17, 15) is 8.78 Å². The SMILES string of the molecule is COc1cc(OCCF)c(F)c(C(C)C)c1. The lowest BCUT2D eigenvalue weighted by atomic mass is 10.0. The molecule has 0 fully saturated rings. The lowest BCUT2D eigenvalue weighted by Crippen LogP contribution is -2.04. The Labute approximate surface area is 94.2 Å². The zero-order valence-corrected chi connectivity index (χ0v) is 9.72. The van der Waals surface area contributed by atoms with Gasteiger partial charge >= 0.3 is 0 Å². The van der Waals surface area contributed by atoms with Crippen LogP contribution in [0.4, 0.5) is 8.78 Å². The predicted molar refractivity (Wildman–Crippen MR) is 58.5 cm³/mol. The van der Waals surface area contributed by atoms with Gasteiger partial charge in [-0.3, -0.25) is 0 Å². The van der Waals surface area contributed by atoms with E-state index in [0.717, 1.165) is 0 Å². The first-order valence-electron chi connectivity index (χ1n) is 5.16. The molecule has 4 heteroatoms. The molecule has 0 unspecified atom stereocenters. The van der Waals surface area contributed by atoms with Crippen molar-refractivity contribution in [2.24, 2.45) is 0 Å². The molecule has 0 amide bonds. The van der Waals surface area contributed by atoms with Crippen LogP contribution in [0, 0.1) is 5.82 Å². The number of ether oxygens (including phenoxy) is 2. The van der Waals surface area contributed by atoms with E-state index in [1.54, 1.807) is 6.07 Å². The van der Waals surface area contributed by atoms with Gasteiger partial charge in [0.15, 0.2) is 11.6 Å². The summed E-state index contributed by atoms with van der Waals surface area (Å²) in [7, 11) is 1.50. The van der Waals surface area contributed by atoms with Gasteiger partial charge in [-0.1, -0.05) is 13.8 Å². The van der Waals surface area contributed by atoms with Crippen LogP contribution in [0.5, 0.6) is 11.5 Å². The van der Waals surface area contributed by atoms with Gasteiger partial charge in [-0.15, -0.1) is 0 Å². The highest BCUT2D eigenvalue weighted by Gasteiger charge is 2.15. The molecule has 0 aromatic heterocycles. The Morgan fingerprint density at radius 1 is 1.31 bits per heavy atom. The van der Waals surface area contributed by atoms with Crippen LogP contribution in [-0.4, -0.2) is 20.4 Å². The molecule has 16 heavy (non-hydrogen) atoms. The maximum absolute atomic E-state index is 13.9. The number of hydrogen-bond acceptors (Lipinski definition) is 2. The van der Waals surface area contributed by atoms with Crippen LogP contribution in [0.1, 0.15) is 25.3 Å². The van der Waals surface area contributed by atoms with E-state index in [0.29, 0.717) is 11.3 Å². The third kappa shape index (κ3) is 2.84. The van der Waals surface area contributed by atoms with Crippen LogP contribution >= 0.6 is 0 Å². The third-order valence-electron chi connectivity index (χ3n) is 2.23. The monoisotopic (exact) mass is 230 g/mol. The summed E-state index contributed by atoms with van der Waals surface area (Å²) in [4.78, 5) is 0. The molecule has 0 heterocycles. The fourth-order valence-corrected chi connectivity index (χ4v) is 1.38. The Hall–Kier alpha value is -1.32. The van der Waals surface area contributed by atoms with Crippen molar-refractivity contribution in [3.8, 4) is 11.5 Å². The average Bonchev–Trinajstić information content (AvgIpc) is 2.27. The first-order valence-corrected chi connectivity index (χ1v) is 5.16. The summed E-state index contributed by atoms with van der Waals surface area (Å²) in [6.45, 7) is 2.95. The van der Waals surface area contributed by atoms with Crippen LogP contribution in [0.2, 0.25) is 0 Å². The minimum Gasteiger partial charge on any atom is -0.497 e. The van der Waals surface area contributed by atoms with E-state index in [1.807, 2.05) is 13.8 Å². The molecule has 0 aliphatic carbocycles. The summed E-state index contributed by atoms with van der Waals surface area (Å²) in [5, 5.41) is 0. The normalized spacial score (nSPS) is 10.6. The van der Waals surface area contributed by atoms with Crippen molar-refractivity contribution in [2.75, 3.05) is 20.4 Å². The minimum atomic E-state index is -0.645. The first-order chi connectivity index (χ1) is 7.60. The van der Waals surface area contributed by atoms with Gasteiger partial charge in [-0.05, 0) is 17.5 Å². The van der Waals surface area contributed by atoms with Crippen molar-refractivity contribution >= 4 is 0 Å². The van der Waals surface area contributed by atoms with Crippen LogP contribution < -0.4 is 9.47 Å². The third-order valence-corrected chi connectivity index (χ3v) is 2.23. The highest BCUT2D eigenvalue weighted by atomic mass is 19.1. The second kappa shape index (κ2) is 5.68. The summed E-state index contributed by atoms with van der Waals surface area (Å²) in [6.07, 6.45) is 0. The number of methoxy groups -OCH3 is 1. The van der Waals surface area contributed by atoms with Crippen LogP contribution in [0.15, 0.2) is 12.1 Å². The number of halogens is 2. The van der Waals surface area contributed by atoms with E-state index < -0.39 is 12.5 Å². The van der Waals surface area contributed by atoms with Gasteiger partial charge in [0.05, 0.1) is 7.11 Å². The Kier molecular flexibility index (Phi) is 4.52. The van der Waals surface area contributed by atoms with Crippen molar-refractivity contribution in [3.05, 3.63) is 23.5 Å². The molecule has 1 aromatic rings. The molecular weight excluding hydrogens is 214 g/mol. The first kappa shape index (κ1) is 12.7. The standard InChI is InChI=1S/C12H16F2O2/c1-8(2)10-6-9(15-3)7-11(12(10)14)16-5-4-13/h6-8H,4-5H2,1-3H3. The number of benzene rings is 1. The van der Waals surface area contributed by atoms with Gasteiger partial charge in [-0.25, -0.2) is 8.78 Å². The Morgan fingerprint density at radius 2 is 2.00 bits per heavy atom. The molecule has 0 aliphatic rings. The minimum absolute atomic E-state index is 0.0165. The number of hydrogen-bond donors (Lipinski definition) is 0. The molecule has 0 N–H and O–H groups in total. The maximum Gasteiger partial charge on any atom is 0.168 e. The molecule has 0 saturated heterocycles. The Balaban J connectivity index is 3.10. The van der Waals surface area contributed by atoms with Crippen molar-refractivity contribution in [1.82, 2.24) is 0 Å². The molecule has 1 aromatic carbocycles. The van der Waals surface area contributed by atoms with E-state index in [4.69, 9.17) is 9.47 Å². The molecular formula is C12H16F2O2. The van der Waals surface area contributed by atoms with Gasteiger partial charge in [0.25, 0.3) is 0 Å². The highest BCUT2D eigenvalue weighted by molar-refractivity contribution is 5.41. The average molecular weight is 230 g/mol. The van der Waals surface area contributed by atoms with Gasteiger partial charge in [0.2, 0.25) is 0 Å². The van der Waals surface area contributed by atoms with Crippen molar-refractivity contribution < 1.29 is 18.3 Å². The zero-order chi connectivity index (χ0) is 12.1. The molecule has 2 nitrogen and oxygen atoms in total. The fourth-order valence-electron chi connectivity index (χ4n) is 1.38. The van der Waals surface area contributed by atoms with Crippen LogP contribution in [0.3, 0.4) is 0 Å². The van der Waals surface area contributed by atoms with E-state index in [1.165, 1.54) is 13.2 Å². The Bertz CT molecular complexity index is 351. The molecule has 0 radical (unpaired) electrons. The lowest BCUT2D eigenvalue weighted by molar-refractivity contribution is 0.260. The quantitative estimate of drug-likeness (QED) is 0.772. The van der Waals surface area contributed by atoms with Crippen molar-refractivity contribution in [1.29, 1.82) is 0 Å². The highest BCUT2D eigenvalue weighted by Crippen LogP contribution is 2.31. The molecule has 0 atom stereocenters. The fraction of sp³-hybridized carbons (Fsp3) is 0.500. The maximum atomic E-state index is 13.9. The second-order valence-electron chi connectivity index (χ2n) is 3.72. The number of alkyl halides is 1. The molecule has 0 bridgehead atoms. The summed E-state index contributed by atoms with van der Waals surface area (Å²) in [5.74, 6) is 0.131. The molecule has 0 saturated carbocycles. The summed E-state index contributed by atoms with van der Waals surface area (Å²) in [6, 6.07) is 3.05. The largest absolute Gasteiger partial charge is 0.497 e. The van der Waals surface area contributed by atoms with Gasteiger partial charge in [0, 0.05) is 6.07 Å². The molecule has 0 aliphatic heterocycles. The van der Waals surface area contributed by atoms with Crippen molar-refractivity contribution in [3.63, 3.8) is 0 Å². The predicted octanol–water partition coefficient (Wildman–Crippen LogP) is 3.31. The zero-order valence-electron chi connectivity index (χ0n) is 9.72. The van der Waals surface area contributed by atoms with Crippen molar-refractivity contribution in [2.45, 2.75) is 19.8 Å². The summed E-state index contributed by atoms with van der Waals surface area (Å²) in [5.41, 5.74) is 0.508. The molecule has 0 spiro atoms. The second-order valence-corrected chi connectivity index (χ2v) is 3.72. The van der Waals surface area contributed by atoms with Crippen LogP contribution in [0.25, 0.3) is 0 Å². The molecule has 1 rings (SSSR count). The number of rotatable bonds is 5. The van der Waals surface area contributed by atoms with Gasteiger partial charge in [0.1, 0.15) is 19.0 Å². The summed E-state index contributed by atoms with van der Waals surface area (Å²) >= 11 is 0. The smallest absolute Gasteiger partial charge is 0.168 e. The lowest BCUT2D eigenvalue weighted by Gasteiger charge is -2.13. The van der Waals surface area contributed by atoms with Gasteiger partial charge < -0.3 is 9.47 Å². The topological polar surface area (TPSA) is 18.5 Å².